The Labute approximate surface area is 65.5 Å². The largest absolute Gasteiger partial charge is 0.399 e. The average molecular weight is 148 g/mol. The Bertz CT molecular complexity index is 299. The van der Waals surface area contributed by atoms with Crippen LogP contribution >= 0.6 is 0 Å². The first kappa shape index (κ1) is 7.55. The van der Waals surface area contributed by atoms with E-state index in [1.165, 1.54) is 0 Å². The van der Waals surface area contributed by atoms with Crippen LogP contribution in [0, 0.1) is 5.39 Å². The van der Waals surface area contributed by atoms with Crippen molar-refractivity contribution in [1.82, 2.24) is 0 Å². The summed E-state index contributed by atoms with van der Waals surface area (Å²) in [6.45, 7) is 1.99. The lowest BCUT2D eigenvalue weighted by molar-refractivity contribution is 1.15. The van der Waals surface area contributed by atoms with Crippen LogP contribution in [0.2, 0.25) is 0 Å². The van der Waals surface area contributed by atoms with E-state index in [2.05, 4.69) is 4.98 Å². The van der Waals surface area contributed by atoms with E-state index in [1.54, 1.807) is 12.1 Å². The molecule has 0 atom stereocenters. The summed E-state index contributed by atoms with van der Waals surface area (Å²) in [5.74, 6) is 0. The van der Waals surface area contributed by atoms with Gasteiger partial charge >= 0.3 is 5.69 Å². The van der Waals surface area contributed by atoms with Gasteiger partial charge in [0.25, 0.3) is 0 Å². The van der Waals surface area contributed by atoms with Gasteiger partial charge in [-0.05, 0) is 18.6 Å². The summed E-state index contributed by atoms with van der Waals surface area (Å²) in [4.78, 5) is 3.13. The fourth-order valence-electron chi connectivity index (χ4n) is 0.986. The van der Waals surface area contributed by atoms with Crippen molar-refractivity contribution in [1.29, 1.82) is 5.39 Å². The van der Waals surface area contributed by atoms with Crippen LogP contribution in [0.3, 0.4) is 0 Å². The summed E-state index contributed by atoms with van der Waals surface area (Å²) >= 11 is 0. The Morgan fingerprint density at radius 2 is 2.27 bits per heavy atom. The Morgan fingerprint density at radius 1 is 1.55 bits per heavy atom. The molecule has 11 heavy (non-hydrogen) atoms. The third-order valence-corrected chi connectivity index (χ3v) is 1.59. The number of nitrogen functional groups attached to an aromatic ring is 1. The van der Waals surface area contributed by atoms with Crippen molar-refractivity contribution in [3.05, 3.63) is 28.7 Å². The topological polar surface area (TPSA) is 54.2 Å². The number of rotatable bonds is 1. The van der Waals surface area contributed by atoms with Gasteiger partial charge in [0.1, 0.15) is 0 Å². The van der Waals surface area contributed by atoms with Crippen molar-refractivity contribution in [2.24, 2.45) is 0 Å². The van der Waals surface area contributed by atoms with Crippen molar-refractivity contribution in [3.8, 4) is 0 Å². The van der Waals surface area contributed by atoms with Crippen LogP contribution in [0.25, 0.3) is 4.98 Å². The molecule has 56 valence electrons. The number of diazo groups is 1. The fourth-order valence-corrected chi connectivity index (χ4v) is 0.986. The number of nitrogens with two attached hydrogens (primary N) is 1. The predicted octanol–water partition coefficient (Wildman–Crippen LogP) is 2.32. The highest BCUT2D eigenvalue weighted by Gasteiger charge is 2.10. The molecule has 3 nitrogen and oxygen atoms in total. The van der Waals surface area contributed by atoms with Crippen LogP contribution in [0.5, 0.6) is 0 Å². The number of nitrogens with zero attached hydrogens (tertiary/aromatic N) is 2. The van der Waals surface area contributed by atoms with Crippen LogP contribution in [0.4, 0.5) is 11.4 Å². The molecule has 0 unspecified atom stereocenters. The molecular weight excluding hydrogens is 138 g/mol. The summed E-state index contributed by atoms with van der Waals surface area (Å²) < 4.78 is 0. The van der Waals surface area contributed by atoms with E-state index in [9.17, 15) is 0 Å². The molecule has 1 aromatic rings. The maximum absolute atomic E-state index is 8.52. The second-order valence-corrected chi connectivity index (χ2v) is 2.34. The van der Waals surface area contributed by atoms with E-state index < -0.39 is 0 Å². The van der Waals surface area contributed by atoms with E-state index in [0.29, 0.717) is 11.4 Å². The standard InChI is InChI=1S/C8H10N3/c1-2-6-5-7(9)3-4-8(6)11-10/h3-5H,2,9H2,1H3/q+1. The summed E-state index contributed by atoms with van der Waals surface area (Å²) in [5, 5.41) is 8.52. The predicted molar refractivity (Wildman–Crippen MR) is 45.0 cm³/mol. The molecule has 0 fully saturated rings. The minimum absolute atomic E-state index is 0.599. The van der Waals surface area contributed by atoms with Crippen molar-refractivity contribution < 1.29 is 0 Å². The second-order valence-electron chi connectivity index (χ2n) is 2.34. The zero-order valence-electron chi connectivity index (χ0n) is 6.41. The lowest BCUT2D eigenvalue weighted by Crippen LogP contribution is -1.86. The van der Waals surface area contributed by atoms with Gasteiger partial charge in [-0.25, -0.2) is 0 Å². The highest BCUT2D eigenvalue weighted by molar-refractivity contribution is 5.58. The Balaban J connectivity index is 3.19. The zero-order chi connectivity index (χ0) is 8.27. The molecule has 0 aliphatic carbocycles. The van der Waals surface area contributed by atoms with Crippen LogP contribution < -0.4 is 5.73 Å². The van der Waals surface area contributed by atoms with Gasteiger partial charge in [-0.15, -0.1) is 0 Å². The van der Waals surface area contributed by atoms with Crippen LogP contribution in [0.15, 0.2) is 18.2 Å². The maximum Gasteiger partial charge on any atom is 0.388 e. The molecule has 0 aromatic heterocycles. The van der Waals surface area contributed by atoms with Gasteiger partial charge in [0.2, 0.25) is 5.39 Å². The van der Waals surface area contributed by atoms with Gasteiger partial charge in [0.15, 0.2) is 4.98 Å². The average Bonchev–Trinajstić information content (AvgIpc) is 2.04. The number of hydrogen-bond donors (Lipinski definition) is 1. The number of anilines is 1. The summed E-state index contributed by atoms with van der Waals surface area (Å²) in [6.07, 6.45) is 0.824. The molecule has 2 N–H and O–H groups in total. The molecule has 0 saturated carbocycles. The lowest BCUT2D eigenvalue weighted by atomic mass is 10.1. The molecule has 0 saturated heterocycles. The van der Waals surface area contributed by atoms with Crippen molar-refractivity contribution in [3.63, 3.8) is 0 Å². The van der Waals surface area contributed by atoms with Crippen molar-refractivity contribution >= 4 is 11.4 Å². The fraction of sp³-hybridized carbons (Fsp3) is 0.250. The van der Waals surface area contributed by atoms with Gasteiger partial charge in [-0.2, -0.15) is 0 Å². The monoisotopic (exact) mass is 148 g/mol. The van der Waals surface area contributed by atoms with E-state index in [1.807, 2.05) is 13.0 Å². The molecule has 0 radical (unpaired) electrons. The van der Waals surface area contributed by atoms with E-state index in [4.69, 9.17) is 11.1 Å². The third kappa shape index (κ3) is 1.47. The van der Waals surface area contributed by atoms with Gasteiger partial charge in [0.05, 0.1) is 0 Å². The highest BCUT2D eigenvalue weighted by Crippen LogP contribution is 2.21. The third-order valence-electron chi connectivity index (χ3n) is 1.59. The van der Waals surface area contributed by atoms with Crippen LogP contribution in [0.1, 0.15) is 12.5 Å². The maximum atomic E-state index is 8.52. The van der Waals surface area contributed by atoms with Gasteiger partial charge in [-0.1, -0.05) is 6.92 Å². The first-order valence-electron chi connectivity index (χ1n) is 3.51. The van der Waals surface area contributed by atoms with Gasteiger partial charge in [0, 0.05) is 17.3 Å². The smallest absolute Gasteiger partial charge is 0.388 e. The van der Waals surface area contributed by atoms with E-state index >= 15 is 0 Å². The highest BCUT2D eigenvalue weighted by atomic mass is 14.8. The van der Waals surface area contributed by atoms with E-state index in [-0.39, 0.29) is 0 Å². The van der Waals surface area contributed by atoms with Crippen LogP contribution in [-0.4, -0.2) is 0 Å². The quantitative estimate of drug-likeness (QED) is 0.490. The summed E-state index contributed by atoms with van der Waals surface area (Å²) in [6, 6.07) is 5.23. The molecule has 0 aliphatic heterocycles. The molecule has 0 amide bonds. The van der Waals surface area contributed by atoms with Gasteiger partial charge in [-0.3, -0.25) is 0 Å². The Kier molecular flexibility index (Phi) is 2.07. The molecule has 0 spiro atoms. The normalized spacial score (nSPS) is 9.09. The van der Waals surface area contributed by atoms with Crippen molar-refractivity contribution in [2.45, 2.75) is 13.3 Å². The van der Waals surface area contributed by atoms with Crippen LogP contribution in [-0.2, 0) is 6.42 Å². The van der Waals surface area contributed by atoms with Crippen molar-refractivity contribution in [2.75, 3.05) is 5.73 Å². The SMILES string of the molecule is CCc1cc(N)ccc1[N+]#N. The minimum Gasteiger partial charge on any atom is -0.399 e. The molecule has 0 aliphatic rings. The molecule has 0 heterocycles. The second kappa shape index (κ2) is 3.02. The summed E-state index contributed by atoms with van der Waals surface area (Å²) in [5.41, 5.74) is 7.80. The molecule has 0 bridgehead atoms. The zero-order valence-corrected chi connectivity index (χ0v) is 6.41. The summed E-state index contributed by atoms with van der Waals surface area (Å²) in [7, 11) is 0. The van der Waals surface area contributed by atoms with Gasteiger partial charge < -0.3 is 5.73 Å². The molecule has 1 rings (SSSR count). The van der Waals surface area contributed by atoms with E-state index in [0.717, 1.165) is 12.0 Å². The molecular formula is C8H10N3+. The lowest BCUT2D eigenvalue weighted by Gasteiger charge is -1.93. The number of benzene rings is 1. The molecule has 3 heteroatoms. The first-order valence-corrected chi connectivity index (χ1v) is 3.51. The minimum atomic E-state index is 0.599. The Hall–Kier alpha value is -1.56. The number of hydrogen-bond acceptors (Lipinski definition) is 2. The number of aryl methyl sites for hydroxylation is 1. The molecule has 1 aromatic carbocycles. The first-order chi connectivity index (χ1) is 5.27. The Morgan fingerprint density at radius 3 is 2.82 bits per heavy atom.